The summed E-state index contributed by atoms with van der Waals surface area (Å²) in [6.45, 7) is 4.91. The molecule has 182 valence electrons. The summed E-state index contributed by atoms with van der Waals surface area (Å²) in [6.07, 6.45) is 1.75. The van der Waals surface area contributed by atoms with Crippen LogP contribution < -0.4 is 4.74 Å². The summed E-state index contributed by atoms with van der Waals surface area (Å²) >= 11 is 0. The van der Waals surface area contributed by atoms with Crippen molar-refractivity contribution in [2.75, 3.05) is 32.8 Å². The van der Waals surface area contributed by atoms with Gasteiger partial charge in [0, 0.05) is 38.1 Å². The second kappa shape index (κ2) is 9.73. The second-order valence-electron chi connectivity index (χ2n) is 8.27. The molecule has 3 heterocycles. The van der Waals surface area contributed by atoms with Gasteiger partial charge in [-0.3, -0.25) is 9.47 Å². The Morgan fingerprint density at radius 1 is 0.971 bits per heavy atom. The second-order valence-corrected chi connectivity index (χ2v) is 10.2. The van der Waals surface area contributed by atoms with E-state index < -0.39 is 15.8 Å². The Labute approximate surface area is 203 Å². The summed E-state index contributed by atoms with van der Waals surface area (Å²) < 4.78 is 48.2. The predicted octanol–water partition coefficient (Wildman–Crippen LogP) is 3.46. The van der Waals surface area contributed by atoms with Gasteiger partial charge >= 0.3 is 0 Å². The van der Waals surface area contributed by atoms with E-state index in [0.717, 1.165) is 28.4 Å². The minimum atomic E-state index is -3.66. The lowest BCUT2D eigenvalue weighted by Crippen LogP contribution is -2.48. The number of benzene rings is 2. The van der Waals surface area contributed by atoms with E-state index in [0.29, 0.717) is 39.3 Å². The third-order valence-electron chi connectivity index (χ3n) is 6.04. The highest BCUT2D eigenvalue weighted by Crippen LogP contribution is 2.24. The van der Waals surface area contributed by atoms with E-state index in [4.69, 9.17) is 9.72 Å². The molecule has 4 aromatic rings. The Bertz CT molecular complexity index is 1410. The van der Waals surface area contributed by atoms with Crippen molar-refractivity contribution in [1.82, 2.24) is 23.7 Å². The van der Waals surface area contributed by atoms with Crippen molar-refractivity contribution in [2.24, 2.45) is 0 Å². The average molecular weight is 496 g/mol. The lowest BCUT2D eigenvalue weighted by molar-refractivity contribution is 0.177. The Morgan fingerprint density at radius 2 is 1.69 bits per heavy atom. The van der Waals surface area contributed by atoms with Gasteiger partial charge in [-0.1, -0.05) is 0 Å². The third-order valence-corrected chi connectivity index (χ3v) is 7.95. The molecule has 5 rings (SSSR count). The van der Waals surface area contributed by atoms with E-state index in [1.165, 1.54) is 28.6 Å². The van der Waals surface area contributed by atoms with Gasteiger partial charge in [-0.25, -0.2) is 22.8 Å². The Hall–Kier alpha value is -3.34. The quantitative estimate of drug-likeness (QED) is 0.391. The van der Waals surface area contributed by atoms with E-state index in [1.54, 1.807) is 6.20 Å². The van der Waals surface area contributed by atoms with Crippen LogP contribution in [0.25, 0.3) is 16.9 Å². The fourth-order valence-electron chi connectivity index (χ4n) is 4.28. The summed E-state index contributed by atoms with van der Waals surface area (Å²) in [5.41, 5.74) is 2.50. The van der Waals surface area contributed by atoms with Crippen molar-refractivity contribution in [1.29, 1.82) is 0 Å². The maximum Gasteiger partial charge on any atom is 0.243 e. The minimum absolute atomic E-state index is 0.107. The maximum absolute atomic E-state index is 13.2. The predicted molar refractivity (Wildman–Crippen MR) is 130 cm³/mol. The van der Waals surface area contributed by atoms with Crippen LogP contribution in [-0.2, 0) is 16.6 Å². The molecule has 1 aliphatic rings. The van der Waals surface area contributed by atoms with Gasteiger partial charge in [0.2, 0.25) is 10.0 Å². The highest BCUT2D eigenvalue weighted by molar-refractivity contribution is 7.89. The van der Waals surface area contributed by atoms with Gasteiger partial charge in [0.1, 0.15) is 22.9 Å². The van der Waals surface area contributed by atoms with Crippen LogP contribution in [0.5, 0.6) is 5.75 Å². The number of imidazole rings is 1. The monoisotopic (exact) mass is 495 g/mol. The van der Waals surface area contributed by atoms with Gasteiger partial charge < -0.3 is 4.74 Å². The van der Waals surface area contributed by atoms with Crippen molar-refractivity contribution >= 4 is 21.2 Å². The third kappa shape index (κ3) is 4.77. The smallest absolute Gasteiger partial charge is 0.243 e. The molecule has 1 fully saturated rings. The number of piperazine rings is 1. The molecule has 0 saturated carbocycles. The number of rotatable bonds is 7. The van der Waals surface area contributed by atoms with Crippen LogP contribution in [0.1, 0.15) is 12.7 Å². The van der Waals surface area contributed by atoms with Crippen LogP contribution in [0.4, 0.5) is 4.39 Å². The first-order valence-electron chi connectivity index (χ1n) is 11.5. The molecule has 35 heavy (non-hydrogen) atoms. The summed E-state index contributed by atoms with van der Waals surface area (Å²) in [5.74, 6) is 1.17. The number of nitrogens with zero attached hydrogens (tertiary/aromatic N) is 5. The molecule has 0 radical (unpaired) electrons. The summed E-state index contributed by atoms with van der Waals surface area (Å²) in [4.78, 5) is 11.7. The molecule has 0 unspecified atom stereocenters. The molecule has 0 atom stereocenters. The van der Waals surface area contributed by atoms with Gasteiger partial charge in [-0.15, -0.1) is 0 Å². The molecule has 8 nitrogen and oxygen atoms in total. The van der Waals surface area contributed by atoms with Crippen molar-refractivity contribution in [3.63, 3.8) is 0 Å². The first-order valence-corrected chi connectivity index (χ1v) is 12.9. The number of hydrogen-bond acceptors (Lipinski definition) is 6. The van der Waals surface area contributed by atoms with Crippen LogP contribution in [0, 0.1) is 5.82 Å². The standard InChI is InChI=1S/C25H26FN5O3S/c1-2-34-21-9-7-20(8-10-21)31-24(28-23-4-3-13-27-25(23)31)18-29-14-16-30(17-15-29)35(32,33)22-11-5-19(26)6-12-22/h3-13H,2,14-18H2,1H3. The number of sulfonamides is 1. The van der Waals surface area contributed by atoms with E-state index in [9.17, 15) is 12.8 Å². The van der Waals surface area contributed by atoms with Gasteiger partial charge in [0.25, 0.3) is 0 Å². The molecule has 0 N–H and O–H groups in total. The molecule has 0 aliphatic carbocycles. The first kappa shape index (κ1) is 23.4. The highest BCUT2D eigenvalue weighted by Gasteiger charge is 2.29. The number of halogens is 1. The van der Waals surface area contributed by atoms with Gasteiger partial charge in [-0.2, -0.15) is 4.31 Å². The van der Waals surface area contributed by atoms with Crippen LogP contribution in [0.3, 0.4) is 0 Å². The van der Waals surface area contributed by atoms with Crippen LogP contribution in [0.15, 0.2) is 71.8 Å². The number of pyridine rings is 1. The van der Waals surface area contributed by atoms with E-state index in [-0.39, 0.29) is 4.90 Å². The zero-order valence-corrected chi connectivity index (χ0v) is 20.2. The fraction of sp³-hybridized carbons (Fsp3) is 0.280. The summed E-state index contributed by atoms with van der Waals surface area (Å²) in [7, 11) is -3.66. The molecule has 2 aromatic heterocycles. The molecular weight excluding hydrogens is 469 g/mol. The molecule has 2 aromatic carbocycles. The van der Waals surface area contributed by atoms with Crippen molar-refractivity contribution in [2.45, 2.75) is 18.4 Å². The normalized spacial score (nSPS) is 15.5. The minimum Gasteiger partial charge on any atom is -0.494 e. The van der Waals surface area contributed by atoms with Gasteiger partial charge in [0.15, 0.2) is 5.65 Å². The van der Waals surface area contributed by atoms with Gasteiger partial charge in [-0.05, 0) is 67.6 Å². The van der Waals surface area contributed by atoms with Crippen molar-refractivity contribution in [3.05, 3.63) is 78.5 Å². The Kier molecular flexibility index (Phi) is 6.50. The number of hydrogen-bond donors (Lipinski definition) is 0. The van der Waals surface area contributed by atoms with Crippen LogP contribution in [-0.4, -0.2) is 64.9 Å². The van der Waals surface area contributed by atoms with E-state index in [1.807, 2.05) is 47.9 Å². The lowest BCUT2D eigenvalue weighted by Gasteiger charge is -2.33. The highest BCUT2D eigenvalue weighted by atomic mass is 32.2. The van der Waals surface area contributed by atoms with Gasteiger partial charge in [0.05, 0.1) is 18.0 Å². The average Bonchev–Trinajstić information content (AvgIpc) is 3.23. The number of fused-ring (bicyclic) bond motifs is 1. The van der Waals surface area contributed by atoms with E-state index >= 15 is 0 Å². The zero-order chi connectivity index (χ0) is 24.4. The van der Waals surface area contributed by atoms with Crippen molar-refractivity contribution < 1.29 is 17.5 Å². The molecule has 1 aliphatic heterocycles. The van der Waals surface area contributed by atoms with Crippen LogP contribution >= 0.6 is 0 Å². The number of aromatic nitrogens is 3. The molecule has 1 saturated heterocycles. The molecule has 0 bridgehead atoms. The lowest BCUT2D eigenvalue weighted by atomic mass is 10.3. The molecule has 0 spiro atoms. The number of ether oxygens (including phenoxy) is 1. The topological polar surface area (TPSA) is 80.6 Å². The fourth-order valence-corrected chi connectivity index (χ4v) is 5.70. The largest absolute Gasteiger partial charge is 0.494 e. The first-order chi connectivity index (χ1) is 17.0. The van der Waals surface area contributed by atoms with Crippen LogP contribution in [0.2, 0.25) is 0 Å². The summed E-state index contributed by atoms with van der Waals surface area (Å²) in [5, 5.41) is 0. The molecule has 0 amide bonds. The zero-order valence-electron chi connectivity index (χ0n) is 19.3. The maximum atomic E-state index is 13.2. The molecule has 10 heteroatoms. The Morgan fingerprint density at radius 3 is 2.37 bits per heavy atom. The van der Waals surface area contributed by atoms with Crippen molar-refractivity contribution in [3.8, 4) is 11.4 Å². The Balaban J connectivity index is 1.35. The van der Waals surface area contributed by atoms with E-state index in [2.05, 4.69) is 9.88 Å². The summed E-state index contributed by atoms with van der Waals surface area (Å²) in [6, 6.07) is 16.6. The molecular formula is C25H26FN5O3S. The SMILES string of the molecule is CCOc1ccc(-n2c(CN3CCN(S(=O)(=O)c4ccc(F)cc4)CC3)nc3cccnc32)cc1.